The van der Waals surface area contributed by atoms with E-state index in [9.17, 15) is 23.1 Å². The first kappa shape index (κ1) is 22.3. The molecule has 0 spiro atoms. The van der Waals surface area contributed by atoms with Crippen molar-refractivity contribution in [2.45, 2.75) is 24.7 Å². The topological polar surface area (TPSA) is 111 Å². The zero-order valence-electron chi connectivity index (χ0n) is 17.9. The van der Waals surface area contributed by atoms with Crippen LogP contribution >= 0.6 is 0 Å². The van der Waals surface area contributed by atoms with Crippen LogP contribution in [0.3, 0.4) is 0 Å². The number of furan rings is 1. The van der Waals surface area contributed by atoms with E-state index >= 15 is 0 Å². The first-order chi connectivity index (χ1) is 15.3. The molecule has 172 valence electrons. The van der Waals surface area contributed by atoms with E-state index in [4.69, 9.17) is 4.42 Å². The summed E-state index contributed by atoms with van der Waals surface area (Å²) in [6, 6.07) is 6.12. The van der Waals surface area contributed by atoms with Crippen LogP contribution in [0.25, 0.3) is 0 Å². The number of rotatable bonds is 4. The van der Waals surface area contributed by atoms with Crippen LogP contribution in [0.5, 0.6) is 5.75 Å². The number of carbonyl (C=O) groups is 2. The van der Waals surface area contributed by atoms with E-state index in [0.717, 1.165) is 5.56 Å². The number of nitrogens with zero attached hydrogens (tertiary/aromatic N) is 3. The molecule has 2 aliphatic heterocycles. The average Bonchev–Trinajstić information content (AvgIpc) is 3.35. The van der Waals surface area contributed by atoms with E-state index in [1.807, 2.05) is 0 Å². The summed E-state index contributed by atoms with van der Waals surface area (Å²) in [4.78, 5) is 28.7. The van der Waals surface area contributed by atoms with Crippen molar-refractivity contribution in [2.24, 2.45) is 5.92 Å². The molecule has 1 aromatic carbocycles. The van der Waals surface area contributed by atoms with Gasteiger partial charge in [0.25, 0.3) is 5.91 Å². The fourth-order valence-corrected chi connectivity index (χ4v) is 5.86. The van der Waals surface area contributed by atoms with Crippen molar-refractivity contribution in [1.82, 2.24) is 14.1 Å². The largest absolute Gasteiger partial charge is 0.507 e. The van der Waals surface area contributed by atoms with Crippen molar-refractivity contribution in [3.63, 3.8) is 0 Å². The lowest BCUT2D eigenvalue weighted by Gasteiger charge is -2.38. The van der Waals surface area contributed by atoms with Crippen molar-refractivity contribution < 1.29 is 27.5 Å². The van der Waals surface area contributed by atoms with E-state index in [1.54, 1.807) is 28.9 Å². The molecule has 0 saturated carbocycles. The monoisotopic (exact) mass is 461 g/mol. The van der Waals surface area contributed by atoms with Gasteiger partial charge in [0.05, 0.1) is 11.8 Å². The van der Waals surface area contributed by atoms with Gasteiger partial charge in [-0.3, -0.25) is 9.59 Å². The Kier molecular flexibility index (Phi) is 6.25. The van der Waals surface area contributed by atoms with Gasteiger partial charge < -0.3 is 19.3 Å². The van der Waals surface area contributed by atoms with Crippen LogP contribution in [0.1, 0.15) is 28.8 Å². The number of hydrogen-bond donors (Lipinski definition) is 1. The Morgan fingerprint density at radius 1 is 1.00 bits per heavy atom. The summed E-state index contributed by atoms with van der Waals surface area (Å²) >= 11 is 0. The second kappa shape index (κ2) is 8.95. The summed E-state index contributed by atoms with van der Waals surface area (Å²) in [5.74, 6) is -0.531. The van der Waals surface area contributed by atoms with E-state index in [0.29, 0.717) is 44.6 Å². The molecule has 0 atom stereocenters. The maximum absolute atomic E-state index is 13.0. The molecule has 0 radical (unpaired) electrons. The summed E-state index contributed by atoms with van der Waals surface area (Å²) in [6.07, 6.45) is 4.05. The molecular formula is C22H27N3O6S. The van der Waals surface area contributed by atoms with Crippen molar-refractivity contribution in [1.29, 1.82) is 0 Å². The van der Waals surface area contributed by atoms with Gasteiger partial charge in [-0.2, -0.15) is 4.31 Å². The fourth-order valence-electron chi connectivity index (χ4n) is 4.27. The number of likely N-dealkylation sites (tertiary alicyclic amines) is 1. The Labute approximate surface area is 187 Å². The highest BCUT2D eigenvalue weighted by Gasteiger charge is 2.35. The standard InChI is InChI=1S/C22H27N3O6S/c1-16-2-3-19(26)20(14-16)32(29,30)25-11-9-24(10-12-25)21(27)17-4-7-23(8-5-17)22(28)18-6-13-31-15-18/h2-3,6,13-15,17,26H,4-5,7-12H2,1H3. The zero-order chi connectivity index (χ0) is 22.9. The molecule has 2 saturated heterocycles. The molecule has 2 fully saturated rings. The van der Waals surface area contributed by atoms with Crippen LogP contribution < -0.4 is 0 Å². The number of amides is 2. The quantitative estimate of drug-likeness (QED) is 0.742. The molecule has 10 heteroatoms. The lowest BCUT2D eigenvalue weighted by molar-refractivity contribution is -0.138. The first-order valence-electron chi connectivity index (χ1n) is 10.7. The molecule has 3 heterocycles. The van der Waals surface area contributed by atoms with Crippen molar-refractivity contribution in [3.8, 4) is 5.75 Å². The van der Waals surface area contributed by atoms with Crippen molar-refractivity contribution in [3.05, 3.63) is 47.9 Å². The van der Waals surface area contributed by atoms with Gasteiger partial charge in [0.2, 0.25) is 15.9 Å². The van der Waals surface area contributed by atoms with Gasteiger partial charge in [0.1, 0.15) is 16.9 Å². The third kappa shape index (κ3) is 4.37. The number of hydrogen-bond acceptors (Lipinski definition) is 6. The molecule has 4 rings (SSSR count). The van der Waals surface area contributed by atoms with E-state index < -0.39 is 10.0 Å². The Balaban J connectivity index is 1.32. The molecule has 1 N–H and O–H groups in total. The number of aryl methyl sites for hydroxylation is 1. The minimum absolute atomic E-state index is 0.0101. The van der Waals surface area contributed by atoms with Crippen LogP contribution in [-0.2, 0) is 14.8 Å². The maximum atomic E-state index is 13.0. The maximum Gasteiger partial charge on any atom is 0.257 e. The second-order valence-corrected chi connectivity index (χ2v) is 10.2. The normalized spacial score (nSPS) is 18.7. The van der Waals surface area contributed by atoms with Crippen LogP contribution in [0, 0.1) is 12.8 Å². The summed E-state index contributed by atoms with van der Waals surface area (Å²) < 4.78 is 32.2. The first-order valence-corrected chi connectivity index (χ1v) is 12.1. The minimum atomic E-state index is -3.83. The summed E-state index contributed by atoms with van der Waals surface area (Å²) in [6.45, 7) is 3.74. The highest BCUT2D eigenvalue weighted by molar-refractivity contribution is 7.89. The number of aromatic hydroxyl groups is 1. The summed E-state index contributed by atoms with van der Waals surface area (Å²) in [5, 5.41) is 10.0. The third-order valence-electron chi connectivity index (χ3n) is 6.18. The predicted octanol–water partition coefficient (Wildman–Crippen LogP) is 1.68. The summed E-state index contributed by atoms with van der Waals surface area (Å²) in [7, 11) is -3.83. The minimum Gasteiger partial charge on any atom is -0.507 e. The molecule has 32 heavy (non-hydrogen) atoms. The van der Waals surface area contributed by atoms with Crippen molar-refractivity contribution in [2.75, 3.05) is 39.3 Å². The Hall–Kier alpha value is -2.85. The highest BCUT2D eigenvalue weighted by atomic mass is 32.2. The third-order valence-corrected chi connectivity index (χ3v) is 8.11. The molecule has 2 amide bonds. The second-order valence-electron chi connectivity index (χ2n) is 8.28. The van der Waals surface area contributed by atoms with Gasteiger partial charge in [0.15, 0.2) is 0 Å². The van der Waals surface area contributed by atoms with E-state index in [2.05, 4.69) is 0 Å². The van der Waals surface area contributed by atoms with Crippen LogP contribution in [0.4, 0.5) is 0 Å². The SMILES string of the molecule is Cc1ccc(O)c(S(=O)(=O)N2CCN(C(=O)C3CCN(C(=O)c4ccoc4)CC3)CC2)c1. The van der Waals surface area contributed by atoms with Gasteiger partial charge >= 0.3 is 0 Å². The number of phenols is 1. The van der Waals surface area contributed by atoms with E-state index in [1.165, 1.54) is 29.0 Å². The van der Waals surface area contributed by atoms with Crippen LogP contribution in [0.2, 0.25) is 0 Å². The predicted molar refractivity (Wildman–Crippen MR) is 116 cm³/mol. The fraction of sp³-hybridized carbons (Fsp3) is 0.455. The van der Waals surface area contributed by atoms with Gasteiger partial charge in [-0.25, -0.2) is 8.42 Å². The van der Waals surface area contributed by atoms with Gasteiger partial charge in [-0.05, 0) is 43.5 Å². The molecule has 2 aliphatic rings. The molecule has 1 aromatic heterocycles. The van der Waals surface area contributed by atoms with Gasteiger partial charge in [-0.1, -0.05) is 6.07 Å². The Morgan fingerprint density at radius 3 is 2.31 bits per heavy atom. The van der Waals surface area contributed by atoms with E-state index in [-0.39, 0.29) is 41.5 Å². The van der Waals surface area contributed by atoms with Crippen LogP contribution in [-0.4, -0.2) is 78.7 Å². The van der Waals surface area contributed by atoms with Crippen LogP contribution in [0.15, 0.2) is 46.1 Å². The molecular weight excluding hydrogens is 434 g/mol. The number of sulfonamides is 1. The zero-order valence-corrected chi connectivity index (χ0v) is 18.8. The summed E-state index contributed by atoms with van der Waals surface area (Å²) in [5.41, 5.74) is 1.25. The molecule has 9 nitrogen and oxygen atoms in total. The molecule has 0 unspecified atom stereocenters. The molecule has 0 bridgehead atoms. The van der Waals surface area contributed by atoms with Crippen molar-refractivity contribution >= 4 is 21.8 Å². The lowest BCUT2D eigenvalue weighted by atomic mass is 9.94. The number of phenolic OH excluding ortho intramolecular Hbond substituents is 1. The number of benzene rings is 1. The number of carbonyl (C=O) groups excluding carboxylic acids is 2. The van der Waals surface area contributed by atoms with Gasteiger partial charge in [-0.15, -0.1) is 0 Å². The highest BCUT2D eigenvalue weighted by Crippen LogP contribution is 2.28. The smallest absolute Gasteiger partial charge is 0.257 e. The lowest BCUT2D eigenvalue weighted by Crippen LogP contribution is -2.53. The number of piperidine rings is 1. The Bertz CT molecular complexity index is 1080. The average molecular weight is 462 g/mol. The van der Waals surface area contributed by atoms with Gasteiger partial charge in [0, 0.05) is 45.2 Å². The molecule has 0 aliphatic carbocycles. The molecule has 2 aromatic rings. The number of piperazine rings is 1. The Morgan fingerprint density at radius 2 is 1.69 bits per heavy atom.